The third-order valence-corrected chi connectivity index (χ3v) is 3.75. The molecule has 0 saturated heterocycles. The van der Waals surface area contributed by atoms with E-state index in [2.05, 4.69) is 26.1 Å². The molecule has 3 nitrogen and oxygen atoms in total. The van der Waals surface area contributed by atoms with Gasteiger partial charge in [-0.1, -0.05) is 32.9 Å². The summed E-state index contributed by atoms with van der Waals surface area (Å²) in [4.78, 5) is 12.0. The molecular weight excluding hydrogens is 238 g/mol. The largest absolute Gasteiger partial charge is 0.396 e. The van der Waals surface area contributed by atoms with Crippen molar-refractivity contribution in [1.82, 2.24) is 5.32 Å². The quantitative estimate of drug-likeness (QED) is 0.829. The molecule has 3 heteroatoms. The molecule has 1 unspecified atom stereocenters. The molecular formula is C16H25NO2. The van der Waals surface area contributed by atoms with Crippen LogP contribution in [0.5, 0.6) is 0 Å². The van der Waals surface area contributed by atoms with Gasteiger partial charge in [0.1, 0.15) is 0 Å². The highest BCUT2D eigenvalue weighted by atomic mass is 16.3. The Kier molecular flexibility index (Phi) is 5.55. The molecule has 1 aromatic carbocycles. The maximum Gasteiger partial charge on any atom is 0.251 e. The second-order valence-electron chi connectivity index (χ2n) is 5.70. The van der Waals surface area contributed by atoms with Gasteiger partial charge < -0.3 is 10.4 Å². The van der Waals surface area contributed by atoms with E-state index in [4.69, 9.17) is 5.11 Å². The van der Waals surface area contributed by atoms with E-state index in [0.29, 0.717) is 12.0 Å². The summed E-state index contributed by atoms with van der Waals surface area (Å²) in [5.41, 5.74) is 2.05. The summed E-state index contributed by atoms with van der Waals surface area (Å²) in [6, 6.07) is 7.77. The highest BCUT2D eigenvalue weighted by Gasteiger charge is 2.18. The molecule has 0 radical (unpaired) electrons. The van der Waals surface area contributed by atoms with Crippen LogP contribution in [0.3, 0.4) is 0 Å². The second kappa shape index (κ2) is 6.71. The van der Waals surface area contributed by atoms with Crippen LogP contribution in [-0.4, -0.2) is 23.7 Å². The Morgan fingerprint density at radius 2 is 1.89 bits per heavy atom. The van der Waals surface area contributed by atoms with Crippen molar-refractivity contribution in [2.45, 2.75) is 52.0 Å². The predicted molar refractivity (Wildman–Crippen MR) is 78.4 cm³/mol. The fourth-order valence-electron chi connectivity index (χ4n) is 1.85. The van der Waals surface area contributed by atoms with Gasteiger partial charge in [-0.05, 0) is 42.9 Å². The maximum absolute atomic E-state index is 12.0. The van der Waals surface area contributed by atoms with Gasteiger partial charge in [-0.3, -0.25) is 4.79 Å². The first-order valence-corrected chi connectivity index (χ1v) is 6.93. The number of hydrogen-bond donors (Lipinski definition) is 2. The number of benzene rings is 1. The average Bonchev–Trinajstić information content (AvgIpc) is 2.39. The van der Waals surface area contributed by atoms with Crippen LogP contribution in [0.4, 0.5) is 0 Å². The number of carbonyl (C=O) groups is 1. The monoisotopic (exact) mass is 263 g/mol. The van der Waals surface area contributed by atoms with Gasteiger partial charge in [-0.15, -0.1) is 0 Å². The molecule has 19 heavy (non-hydrogen) atoms. The molecule has 0 aliphatic heterocycles. The number of nitrogens with one attached hydrogen (secondary N) is 1. The minimum atomic E-state index is -0.0817. The lowest BCUT2D eigenvalue weighted by Gasteiger charge is -2.23. The van der Waals surface area contributed by atoms with Crippen molar-refractivity contribution < 1.29 is 9.90 Å². The van der Waals surface area contributed by atoms with Crippen molar-refractivity contribution in [2.24, 2.45) is 0 Å². The van der Waals surface area contributed by atoms with Gasteiger partial charge in [0, 0.05) is 18.2 Å². The molecule has 0 fully saturated rings. The Labute approximate surface area is 116 Å². The molecule has 2 N–H and O–H groups in total. The Morgan fingerprint density at radius 3 is 2.37 bits per heavy atom. The molecule has 1 atom stereocenters. The first kappa shape index (κ1) is 15.7. The summed E-state index contributed by atoms with van der Waals surface area (Å²) in [6.45, 7) is 8.54. The number of aliphatic hydroxyl groups is 1. The summed E-state index contributed by atoms with van der Waals surface area (Å²) in [7, 11) is 0. The van der Waals surface area contributed by atoms with E-state index >= 15 is 0 Å². The molecule has 0 saturated carbocycles. The molecule has 0 aliphatic carbocycles. The molecule has 0 aromatic heterocycles. The maximum atomic E-state index is 12.0. The average molecular weight is 263 g/mol. The summed E-state index contributed by atoms with van der Waals surface area (Å²) < 4.78 is 0. The Morgan fingerprint density at radius 1 is 1.32 bits per heavy atom. The summed E-state index contributed by atoms with van der Waals surface area (Å²) in [6.07, 6.45) is 1.64. The Bertz CT molecular complexity index is 409. The van der Waals surface area contributed by atoms with Crippen molar-refractivity contribution in [1.29, 1.82) is 0 Å². The van der Waals surface area contributed by atoms with Crippen LogP contribution < -0.4 is 5.32 Å². The number of hydrogen-bond acceptors (Lipinski definition) is 2. The van der Waals surface area contributed by atoms with Gasteiger partial charge in [0.05, 0.1) is 0 Å². The summed E-state index contributed by atoms with van der Waals surface area (Å²) in [5.74, 6) is -0.0817. The van der Waals surface area contributed by atoms with Gasteiger partial charge in [0.25, 0.3) is 5.91 Å². The zero-order valence-corrected chi connectivity index (χ0v) is 12.4. The molecule has 1 amide bonds. The number of rotatable bonds is 6. The molecule has 106 valence electrons. The standard InChI is InChI=1S/C16H25NO2/c1-5-16(3,4)14-8-6-13(7-9-14)15(19)17-12(2)10-11-18/h6-9,12,18H,5,10-11H2,1-4H3,(H,17,19). The summed E-state index contributed by atoms with van der Waals surface area (Å²) in [5, 5.41) is 11.7. The molecule has 0 bridgehead atoms. The van der Waals surface area contributed by atoms with Gasteiger partial charge >= 0.3 is 0 Å². The van der Waals surface area contributed by atoms with E-state index in [-0.39, 0.29) is 24.0 Å². The van der Waals surface area contributed by atoms with Gasteiger partial charge in [0.15, 0.2) is 0 Å². The van der Waals surface area contributed by atoms with Crippen LogP contribution >= 0.6 is 0 Å². The van der Waals surface area contributed by atoms with E-state index in [1.165, 1.54) is 5.56 Å². The minimum absolute atomic E-state index is 0.00995. The molecule has 0 aliphatic rings. The van der Waals surface area contributed by atoms with Crippen LogP contribution in [0.25, 0.3) is 0 Å². The third kappa shape index (κ3) is 4.35. The lowest BCUT2D eigenvalue weighted by Crippen LogP contribution is -2.33. The van der Waals surface area contributed by atoms with E-state index in [1.807, 2.05) is 31.2 Å². The van der Waals surface area contributed by atoms with E-state index < -0.39 is 0 Å². The first-order chi connectivity index (χ1) is 8.90. The molecule has 1 rings (SSSR count). The normalized spacial score (nSPS) is 13.1. The smallest absolute Gasteiger partial charge is 0.251 e. The van der Waals surface area contributed by atoms with Crippen molar-refractivity contribution in [3.8, 4) is 0 Å². The fraction of sp³-hybridized carbons (Fsp3) is 0.562. The number of aliphatic hydroxyl groups excluding tert-OH is 1. The SMILES string of the molecule is CCC(C)(C)c1ccc(C(=O)NC(C)CCO)cc1. The Hall–Kier alpha value is -1.35. The number of carbonyl (C=O) groups excluding carboxylic acids is 1. The zero-order chi connectivity index (χ0) is 14.5. The zero-order valence-electron chi connectivity index (χ0n) is 12.4. The van der Waals surface area contributed by atoms with Gasteiger partial charge in [0.2, 0.25) is 0 Å². The van der Waals surface area contributed by atoms with Crippen LogP contribution in [0, 0.1) is 0 Å². The van der Waals surface area contributed by atoms with E-state index in [1.54, 1.807) is 0 Å². The van der Waals surface area contributed by atoms with Crippen LogP contribution in [-0.2, 0) is 5.41 Å². The highest BCUT2D eigenvalue weighted by Crippen LogP contribution is 2.26. The van der Waals surface area contributed by atoms with E-state index in [0.717, 1.165) is 6.42 Å². The van der Waals surface area contributed by atoms with Gasteiger partial charge in [-0.2, -0.15) is 0 Å². The van der Waals surface area contributed by atoms with Crippen molar-refractivity contribution in [3.05, 3.63) is 35.4 Å². The predicted octanol–water partition coefficient (Wildman–Crippen LogP) is 2.87. The van der Waals surface area contributed by atoms with Crippen molar-refractivity contribution in [2.75, 3.05) is 6.61 Å². The van der Waals surface area contributed by atoms with Crippen molar-refractivity contribution >= 4 is 5.91 Å². The number of amides is 1. The first-order valence-electron chi connectivity index (χ1n) is 6.93. The van der Waals surface area contributed by atoms with Gasteiger partial charge in [-0.25, -0.2) is 0 Å². The lowest BCUT2D eigenvalue weighted by atomic mass is 9.82. The Balaban J connectivity index is 2.74. The van der Waals surface area contributed by atoms with Crippen LogP contribution in [0.2, 0.25) is 0 Å². The molecule has 1 aromatic rings. The third-order valence-electron chi connectivity index (χ3n) is 3.75. The highest BCUT2D eigenvalue weighted by molar-refractivity contribution is 5.94. The topological polar surface area (TPSA) is 49.3 Å². The van der Waals surface area contributed by atoms with E-state index in [9.17, 15) is 4.79 Å². The lowest BCUT2D eigenvalue weighted by molar-refractivity contribution is 0.0934. The molecule has 0 heterocycles. The van der Waals surface area contributed by atoms with Crippen LogP contribution in [0.1, 0.15) is 56.5 Å². The van der Waals surface area contributed by atoms with Crippen molar-refractivity contribution in [3.63, 3.8) is 0 Å². The minimum Gasteiger partial charge on any atom is -0.396 e. The molecule has 0 spiro atoms. The second-order valence-corrected chi connectivity index (χ2v) is 5.70. The fourth-order valence-corrected chi connectivity index (χ4v) is 1.85. The summed E-state index contributed by atoms with van der Waals surface area (Å²) >= 11 is 0. The van der Waals surface area contributed by atoms with Crippen LogP contribution in [0.15, 0.2) is 24.3 Å².